The molecule has 0 rings (SSSR count). The van der Waals surface area contributed by atoms with Crippen LogP contribution in [0.1, 0.15) is 52.9 Å². The number of esters is 1. The summed E-state index contributed by atoms with van der Waals surface area (Å²) in [5, 5.41) is 8.87. The molecule has 0 aromatic carbocycles. The van der Waals surface area contributed by atoms with E-state index in [0.29, 0.717) is 12.5 Å². The molecule has 3 atom stereocenters. The minimum absolute atomic E-state index is 0.246. The van der Waals surface area contributed by atoms with Gasteiger partial charge in [0.25, 0.3) is 0 Å². The summed E-state index contributed by atoms with van der Waals surface area (Å²) < 4.78 is 22.7. The van der Waals surface area contributed by atoms with Crippen LogP contribution in [-0.2, 0) is 18.6 Å². The summed E-state index contributed by atoms with van der Waals surface area (Å²) in [7, 11) is -2.74. The molecule has 0 heterocycles. The largest absolute Gasteiger partial charge is 0.447 e. The Morgan fingerprint density at radius 1 is 1.33 bits per heavy atom. The van der Waals surface area contributed by atoms with Crippen LogP contribution in [0.5, 0.6) is 0 Å². The number of ether oxygens (including phenoxy) is 1. The van der Waals surface area contributed by atoms with Gasteiger partial charge >= 0.3 is 5.97 Å². The number of unbranched alkanes of at least 4 members (excludes halogenated alkanes) is 1. The van der Waals surface area contributed by atoms with E-state index in [2.05, 4.69) is 13.8 Å². The number of nitriles is 1. The van der Waals surface area contributed by atoms with E-state index >= 15 is 0 Å². The quantitative estimate of drug-likeness (QED) is 0.425. The van der Waals surface area contributed by atoms with Gasteiger partial charge in [0.05, 0.1) is 6.61 Å². The number of hydrogen-bond donors (Lipinski definition) is 0. The Morgan fingerprint density at radius 3 is 2.48 bits per heavy atom. The second kappa shape index (κ2) is 10.8. The van der Waals surface area contributed by atoms with E-state index in [9.17, 15) is 9.36 Å². The zero-order valence-corrected chi connectivity index (χ0v) is 14.5. The first-order chi connectivity index (χ1) is 9.84. The van der Waals surface area contributed by atoms with Crippen LogP contribution in [0.25, 0.3) is 0 Å². The van der Waals surface area contributed by atoms with Crippen LogP contribution in [0.15, 0.2) is 0 Å². The molecule has 0 aliphatic heterocycles. The predicted molar refractivity (Wildman–Crippen MR) is 83.4 cm³/mol. The molecule has 0 saturated carbocycles. The number of rotatable bonds is 11. The summed E-state index contributed by atoms with van der Waals surface area (Å²) in [6.45, 7) is 7.59. The van der Waals surface area contributed by atoms with Gasteiger partial charge in [0, 0.05) is 26.2 Å². The smallest absolute Gasteiger partial charge is 0.303 e. The Hall–Kier alpha value is -0.850. The average molecular weight is 317 g/mol. The lowest BCUT2D eigenvalue weighted by atomic mass is 10.0. The zero-order chi connectivity index (χ0) is 16.3. The summed E-state index contributed by atoms with van der Waals surface area (Å²) in [5.41, 5.74) is 0. The van der Waals surface area contributed by atoms with Crippen molar-refractivity contribution in [2.45, 2.75) is 59.0 Å². The lowest BCUT2D eigenvalue weighted by molar-refractivity contribution is -0.143. The van der Waals surface area contributed by atoms with Crippen LogP contribution in [0.2, 0.25) is 0 Å². The average Bonchev–Trinajstić information content (AvgIpc) is 2.43. The van der Waals surface area contributed by atoms with E-state index in [0.717, 1.165) is 25.7 Å². The van der Waals surface area contributed by atoms with Crippen molar-refractivity contribution in [1.29, 1.82) is 5.26 Å². The highest BCUT2D eigenvalue weighted by molar-refractivity contribution is 7.58. The highest BCUT2D eigenvalue weighted by atomic mass is 31.2. The van der Waals surface area contributed by atoms with Crippen molar-refractivity contribution in [1.82, 2.24) is 0 Å². The monoisotopic (exact) mass is 317 g/mol. The maximum atomic E-state index is 12.3. The summed E-state index contributed by atoms with van der Waals surface area (Å²) in [4.78, 5) is 10.8. The zero-order valence-electron chi connectivity index (χ0n) is 13.6. The van der Waals surface area contributed by atoms with Gasteiger partial charge in [0.15, 0.2) is 13.5 Å². The maximum Gasteiger partial charge on any atom is 0.303 e. The van der Waals surface area contributed by atoms with Crippen molar-refractivity contribution in [2.24, 2.45) is 5.92 Å². The van der Waals surface area contributed by atoms with Gasteiger partial charge in [-0.15, -0.1) is 0 Å². The first kappa shape index (κ1) is 20.1. The Labute approximate surface area is 128 Å². The molecule has 0 saturated heterocycles. The van der Waals surface area contributed by atoms with Gasteiger partial charge in [-0.25, -0.2) is 0 Å². The first-order valence-corrected chi connectivity index (χ1v) is 9.88. The van der Waals surface area contributed by atoms with Gasteiger partial charge in [0.2, 0.25) is 0 Å². The fraction of sp³-hybridized carbons (Fsp3) is 0.867. The van der Waals surface area contributed by atoms with Crippen molar-refractivity contribution in [3.63, 3.8) is 0 Å². The minimum atomic E-state index is -2.74. The van der Waals surface area contributed by atoms with Crippen molar-refractivity contribution >= 4 is 13.3 Å². The van der Waals surface area contributed by atoms with E-state index < -0.39 is 19.4 Å². The summed E-state index contributed by atoms with van der Waals surface area (Å²) in [6.07, 6.45) is 4.04. The molecule has 0 fully saturated rings. The number of hydrogen-bond acceptors (Lipinski definition) is 5. The van der Waals surface area contributed by atoms with Gasteiger partial charge in [-0.1, -0.05) is 33.1 Å². The molecular weight excluding hydrogens is 289 g/mol. The SMILES string of the molecule is CCCCC(CC)COP(C)(=O)CCC(C#N)OC(C)=O. The van der Waals surface area contributed by atoms with E-state index in [-0.39, 0.29) is 12.6 Å². The summed E-state index contributed by atoms with van der Waals surface area (Å²) in [6, 6.07) is 1.89. The minimum Gasteiger partial charge on any atom is -0.447 e. The van der Waals surface area contributed by atoms with Gasteiger partial charge < -0.3 is 9.26 Å². The second-order valence-electron chi connectivity index (χ2n) is 5.47. The standard InChI is InChI=1S/C15H28NO4P/c1-5-7-8-14(6-2)12-19-21(4,18)10-9-15(11-16)20-13(3)17/h14-15H,5-10,12H2,1-4H3. The van der Waals surface area contributed by atoms with Crippen LogP contribution < -0.4 is 0 Å². The summed E-state index contributed by atoms with van der Waals surface area (Å²) in [5.74, 6) is -0.0718. The number of carbonyl (C=O) groups is 1. The van der Waals surface area contributed by atoms with Gasteiger partial charge in [-0.2, -0.15) is 5.26 Å². The van der Waals surface area contributed by atoms with Crippen molar-refractivity contribution in [3.05, 3.63) is 0 Å². The van der Waals surface area contributed by atoms with Gasteiger partial charge in [-0.3, -0.25) is 9.36 Å². The molecule has 0 radical (unpaired) electrons. The molecule has 6 heteroatoms. The molecule has 5 nitrogen and oxygen atoms in total. The summed E-state index contributed by atoms with van der Waals surface area (Å²) >= 11 is 0. The normalized spacial score (nSPS) is 16.5. The molecule has 0 bridgehead atoms. The molecule has 0 amide bonds. The predicted octanol–water partition coefficient (Wildman–Crippen LogP) is 3.97. The lowest BCUT2D eigenvalue weighted by Crippen LogP contribution is -2.16. The fourth-order valence-electron chi connectivity index (χ4n) is 1.93. The van der Waals surface area contributed by atoms with Crippen molar-refractivity contribution in [3.8, 4) is 6.07 Å². The Balaban J connectivity index is 4.20. The third kappa shape index (κ3) is 10.5. The van der Waals surface area contributed by atoms with Crippen LogP contribution in [-0.4, -0.2) is 31.5 Å². The third-order valence-electron chi connectivity index (χ3n) is 3.38. The molecular formula is C15H28NO4P. The first-order valence-electron chi connectivity index (χ1n) is 7.62. The van der Waals surface area contributed by atoms with Crippen LogP contribution in [0.4, 0.5) is 0 Å². The maximum absolute atomic E-state index is 12.3. The topological polar surface area (TPSA) is 76.4 Å². The number of nitrogens with zero attached hydrogens (tertiary/aromatic N) is 1. The molecule has 0 aliphatic carbocycles. The fourth-order valence-corrected chi connectivity index (χ4v) is 3.29. The molecule has 3 unspecified atom stereocenters. The lowest BCUT2D eigenvalue weighted by Gasteiger charge is -2.20. The Bertz CT molecular complexity index is 392. The Kier molecular flexibility index (Phi) is 10.4. The van der Waals surface area contributed by atoms with E-state index in [1.165, 1.54) is 6.92 Å². The van der Waals surface area contributed by atoms with Crippen LogP contribution >= 0.6 is 7.37 Å². The van der Waals surface area contributed by atoms with Crippen LogP contribution in [0.3, 0.4) is 0 Å². The highest BCUT2D eigenvalue weighted by Gasteiger charge is 2.22. The molecule has 21 heavy (non-hydrogen) atoms. The second-order valence-corrected chi connectivity index (χ2v) is 8.20. The third-order valence-corrected chi connectivity index (χ3v) is 5.14. The van der Waals surface area contributed by atoms with E-state index in [1.807, 2.05) is 6.07 Å². The van der Waals surface area contributed by atoms with E-state index in [4.69, 9.17) is 14.5 Å². The molecule has 0 aromatic heterocycles. The molecule has 0 aliphatic rings. The molecule has 0 aromatic rings. The van der Waals surface area contributed by atoms with Crippen molar-refractivity contribution < 1.29 is 18.6 Å². The molecule has 122 valence electrons. The van der Waals surface area contributed by atoms with Crippen molar-refractivity contribution in [2.75, 3.05) is 19.4 Å². The Morgan fingerprint density at radius 2 is 2.00 bits per heavy atom. The van der Waals surface area contributed by atoms with E-state index in [1.54, 1.807) is 6.66 Å². The molecule has 0 N–H and O–H groups in total. The van der Waals surface area contributed by atoms with Gasteiger partial charge in [-0.05, 0) is 12.3 Å². The highest BCUT2D eigenvalue weighted by Crippen LogP contribution is 2.44. The number of carbonyl (C=O) groups excluding carboxylic acids is 1. The molecule has 0 spiro atoms. The van der Waals surface area contributed by atoms with Crippen LogP contribution in [0, 0.1) is 17.2 Å². The van der Waals surface area contributed by atoms with Gasteiger partial charge in [0.1, 0.15) is 6.07 Å².